The number of piperidine rings is 1. The van der Waals surface area contributed by atoms with Crippen molar-refractivity contribution in [3.8, 4) is 11.5 Å². The SMILES string of the molecule is COCC1(C(=O)Nc2ccc(Oc3ccc(C)cc3)cc2)CCNCC1. The lowest BCUT2D eigenvalue weighted by Gasteiger charge is -2.35. The van der Waals surface area contributed by atoms with Crippen LogP contribution in [0.5, 0.6) is 11.5 Å². The first-order valence-electron chi connectivity index (χ1n) is 8.97. The monoisotopic (exact) mass is 354 g/mol. The number of carbonyl (C=O) groups is 1. The standard InChI is InChI=1S/C21H26N2O3/c1-16-3-7-18(8-4-16)26-19-9-5-17(6-10-19)23-20(24)21(15-25-2)11-13-22-14-12-21/h3-10,22H,11-15H2,1-2H3,(H,23,24). The van der Waals surface area contributed by atoms with Gasteiger partial charge in [-0.2, -0.15) is 0 Å². The van der Waals surface area contributed by atoms with Crippen molar-refractivity contribution in [2.24, 2.45) is 5.41 Å². The predicted molar refractivity (Wildman–Crippen MR) is 103 cm³/mol. The number of aryl methyl sites for hydroxylation is 1. The molecule has 5 heteroatoms. The minimum absolute atomic E-state index is 0.0213. The molecule has 0 bridgehead atoms. The molecule has 0 unspecified atom stereocenters. The van der Waals surface area contributed by atoms with E-state index >= 15 is 0 Å². The van der Waals surface area contributed by atoms with Gasteiger partial charge in [-0.1, -0.05) is 17.7 Å². The Labute approximate surface area is 154 Å². The Morgan fingerprint density at radius 3 is 2.19 bits per heavy atom. The number of methoxy groups -OCH3 is 1. The maximum atomic E-state index is 12.8. The number of amides is 1. The van der Waals surface area contributed by atoms with Gasteiger partial charge >= 0.3 is 0 Å². The highest BCUT2D eigenvalue weighted by molar-refractivity contribution is 5.95. The van der Waals surface area contributed by atoms with Gasteiger partial charge in [0, 0.05) is 12.8 Å². The fourth-order valence-corrected chi connectivity index (χ4v) is 3.23. The fourth-order valence-electron chi connectivity index (χ4n) is 3.23. The van der Waals surface area contributed by atoms with Gasteiger partial charge in [-0.15, -0.1) is 0 Å². The summed E-state index contributed by atoms with van der Waals surface area (Å²) < 4.78 is 11.2. The van der Waals surface area contributed by atoms with E-state index in [0.717, 1.165) is 43.1 Å². The first-order valence-corrected chi connectivity index (χ1v) is 8.97. The molecule has 1 amide bonds. The Bertz CT molecular complexity index is 714. The van der Waals surface area contributed by atoms with E-state index in [1.807, 2.05) is 55.5 Å². The maximum Gasteiger partial charge on any atom is 0.233 e. The number of rotatable bonds is 6. The third-order valence-electron chi connectivity index (χ3n) is 4.83. The summed E-state index contributed by atoms with van der Waals surface area (Å²) in [7, 11) is 1.65. The van der Waals surface area contributed by atoms with Crippen molar-refractivity contribution in [2.45, 2.75) is 19.8 Å². The zero-order chi connectivity index (χ0) is 18.4. The van der Waals surface area contributed by atoms with Crippen LogP contribution in [0.2, 0.25) is 0 Å². The molecule has 0 radical (unpaired) electrons. The maximum absolute atomic E-state index is 12.8. The highest BCUT2D eigenvalue weighted by Gasteiger charge is 2.39. The lowest BCUT2D eigenvalue weighted by molar-refractivity contribution is -0.130. The quantitative estimate of drug-likeness (QED) is 0.830. The van der Waals surface area contributed by atoms with E-state index < -0.39 is 5.41 Å². The molecule has 0 spiro atoms. The minimum Gasteiger partial charge on any atom is -0.457 e. The summed E-state index contributed by atoms with van der Waals surface area (Å²) in [5.41, 5.74) is 1.50. The molecule has 1 saturated heterocycles. The van der Waals surface area contributed by atoms with E-state index in [-0.39, 0.29) is 5.91 Å². The van der Waals surface area contributed by atoms with Crippen molar-refractivity contribution in [1.29, 1.82) is 0 Å². The van der Waals surface area contributed by atoms with Crippen molar-refractivity contribution in [3.05, 3.63) is 54.1 Å². The molecule has 26 heavy (non-hydrogen) atoms. The second kappa shape index (κ2) is 8.34. The van der Waals surface area contributed by atoms with Crippen molar-refractivity contribution in [3.63, 3.8) is 0 Å². The highest BCUT2D eigenvalue weighted by atomic mass is 16.5. The predicted octanol–water partition coefficient (Wildman–Crippen LogP) is 3.74. The molecule has 0 aliphatic carbocycles. The van der Waals surface area contributed by atoms with Crippen LogP contribution in [0.15, 0.2) is 48.5 Å². The number of benzene rings is 2. The van der Waals surface area contributed by atoms with Crippen LogP contribution in [0.25, 0.3) is 0 Å². The molecule has 0 aromatic heterocycles. The van der Waals surface area contributed by atoms with Crippen LogP contribution in [0.1, 0.15) is 18.4 Å². The minimum atomic E-state index is -0.461. The lowest BCUT2D eigenvalue weighted by Crippen LogP contribution is -2.47. The van der Waals surface area contributed by atoms with Gasteiger partial charge < -0.3 is 20.1 Å². The summed E-state index contributed by atoms with van der Waals surface area (Å²) >= 11 is 0. The molecule has 1 heterocycles. The van der Waals surface area contributed by atoms with Gasteiger partial charge in [-0.05, 0) is 69.3 Å². The van der Waals surface area contributed by atoms with Crippen LogP contribution in [0.4, 0.5) is 5.69 Å². The van der Waals surface area contributed by atoms with Crippen molar-refractivity contribution < 1.29 is 14.3 Å². The van der Waals surface area contributed by atoms with Crippen LogP contribution in [-0.4, -0.2) is 32.7 Å². The third-order valence-corrected chi connectivity index (χ3v) is 4.83. The normalized spacial score (nSPS) is 16.1. The van der Waals surface area contributed by atoms with Gasteiger partial charge in [0.1, 0.15) is 11.5 Å². The third kappa shape index (κ3) is 4.42. The first kappa shape index (κ1) is 18.4. The Morgan fingerprint density at radius 2 is 1.62 bits per heavy atom. The van der Waals surface area contributed by atoms with E-state index in [1.165, 1.54) is 5.56 Å². The van der Waals surface area contributed by atoms with E-state index in [1.54, 1.807) is 7.11 Å². The summed E-state index contributed by atoms with van der Waals surface area (Å²) in [5, 5.41) is 6.33. The molecule has 1 aliphatic heterocycles. The Kier molecular flexibility index (Phi) is 5.91. The molecule has 1 fully saturated rings. The molecule has 2 N–H and O–H groups in total. The van der Waals surface area contributed by atoms with Crippen LogP contribution in [-0.2, 0) is 9.53 Å². The van der Waals surface area contributed by atoms with Gasteiger partial charge in [-0.3, -0.25) is 4.79 Å². The van der Waals surface area contributed by atoms with Crippen molar-refractivity contribution in [2.75, 3.05) is 32.1 Å². The molecule has 0 atom stereocenters. The van der Waals surface area contributed by atoms with E-state index in [2.05, 4.69) is 10.6 Å². The summed E-state index contributed by atoms with van der Waals surface area (Å²) in [4.78, 5) is 12.8. The molecule has 5 nitrogen and oxygen atoms in total. The molecular weight excluding hydrogens is 328 g/mol. The first-order chi connectivity index (χ1) is 12.6. The topological polar surface area (TPSA) is 59.6 Å². The van der Waals surface area contributed by atoms with Crippen LogP contribution < -0.4 is 15.4 Å². The summed E-state index contributed by atoms with van der Waals surface area (Å²) in [6.45, 7) is 4.15. The van der Waals surface area contributed by atoms with Gasteiger partial charge in [0.2, 0.25) is 5.91 Å². The summed E-state index contributed by atoms with van der Waals surface area (Å²) in [6.07, 6.45) is 1.56. The van der Waals surface area contributed by atoms with Gasteiger partial charge in [-0.25, -0.2) is 0 Å². The van der Waals surface area contributed by atoms with Gasteiger partial charge in [0.05, 0.1) is 12.0 Å². The van der Waals surface area contributed by atoms with E-state index in [4.69, 9.17) is 9.47 Å². The Balaban J connectivity index is 1.64. The number of carbonyl (C=O) groups excluding carboxylic acids is 1. The molecular formula is C21H26N2O3. The van der Waals surface area contributed by atoms with Crippen LogP contribution >= 0.6 is 0 Å². The zero-order valence-electron chi connectivity index (χ0n) is 15.4. The number of hydrogen-bond acceptors (Lipinski definition) is 4. The zero-order valence-corrected chi connectivity index (χ0v) is 15.4. The Morgan fingerprint density at radius 1 is 1.04 bits per heavy atom. The number of nitrogens with one attached hydrogen (secondary N) is 2. The van der Waals surface area contributed by atoms with Crippen molar-refractivity contribution >= 4 is 11.6 Å². The molecule has 138 valence electrons. The highest BCUT2D eigenvalue weighted by Crippen LogP contribution is 2.31. The average molecular weight is 354 g/mol. The van der Waals surface area contributed by atoms with E-state index in [9.17, 15) is 4.79 Å². The average Bonchev–Trinajstić information content (AvgIpc) is 2.66. The molecule has 0 saturated carbocycles. The van der Waals surface area contributed by atoms with Gasteiger partial charge in [0.15, 0.2) is 0 Å². The molecule has 2 aromatic carbocycles. The smallest absolute Gasteiger partial charge is 0.233 e. The number of ether oxygens (including phenoxy) is 2. The van der Waals surface area contributed by atoms with Crippen LogP contribution in [0, 0.1) is 12.3 Å². The largest absolute Gasteiger partial charge is 0.457 e. The van der Waals surface area contributed by atoms with Crippen LogP contribution in [0.3, 0.4) is 0 Å². The fraction of sp³-hybridized carbons (Fsp3) is 0.381. The van der Waals surface area contributed by atoms with Gasteiger partial charge in [0.25, 0.3) is 0 Å². The molecule has 2 aromatic rings. The molecule has 3 rings (SSSR count). The number of hydrogen-bond donors (Lipinski definition) is 2. The summed E-state index contributed by atoms with van der Waals surface area (Å²) in [6, 6.07) is 15.4. The molecule has 1 aliphatic rings. The Hall–Kier alpha value is -2.37. The van der Waals surface area contributed by atoms with E-state index in [0.29, 0.717) is 6.61 Å². The second-order valence-corrected chi connectivity index (χ2v) is 6.86. The van der Waals surface area contributed by atoms with Crippen molar-refractivity contribution in [1.82, 2.24) is 5.32 Å². The number of anilines is 1. The second-order valence-electron chi connectivity index (χ2n) is 6.86. The lowest BCUT2D eigenvalue weighted by atomic mass is 9.78. The summed E-state index contributed by atoms with van der Waals surface area (Å²) in [5.74, 6) is 1.55.